The molecule has 0 spiro atoms. The Morgan fingerprint density at radius 3 is 3.06 bits per heavy atom. The Hall–Kier alpha value is -0.830. The summed E-state index contributed by atoms with van der Waals surface area (Å²) in [6.45, 7) is 1.61. The minimum Gasteiger partial charge on any atom is -0.378 e. The fraction of sp³-hybridized carbons (Fsp3) is 0.786. The molecule has 1 aliphatic heterocycles. The molecule has 3 nitrogen and oxygen atoms in total. The van der Waals surface area contributed by atoms with Gasteiger partial charge in [0.25, 0.3) is 0 Å². The fourth-order valence-electron chi connectivity index (χ4n) is 2.58. The van der Waals surface area contributed by atoms with Crippen LogP contribution in [0.1, 0.15) is 51.4 Å². The number of carbonyl (C=O) groups is 1. The highest BCUT2D eigenvalue weighted by molar-refractivity contribution is 5.76. The number of nitrogens with one attached hydrogen (secondary N) is 1. The normalized spacial score (nSPS) is 24.5. The summed E-state index contributed by atoms with van der Waals surface area (Å²) in [5.74, 6) is 0.147. The average molecular weight is 237 g/mol. The first-order valence-corrected chi connectivity index (χ1v) is 6.91. The zero-order valence-corrected chi connectivity index (χ0v) is 10.5. The second-order valence-corrected chi connectivity index (χ2v) is 5.05. The maximum Gasteiger partial charge on any atom is 0.222 e. The summed E-state index contributed by atoms with van der Waals surface area (Å²) in [6, 6.07) is 0. The van der Waals surface area contributed by atoms with Gasteiger partial charge in [0.15, 0.2) is 0 Å². The third-order valence-electron chi connectivity index (χ3n) is 3.59. The van der Waals surface area contributed by atoms with E-state index in [0.29, 0.717) is 6.42 Å². The van der Waals surface area contributed by atoms with Crippen LogP contribution in [0.25, 0.3) is 0 Å². The Kier molecular flexibility index (Phi) is 5.05. The van der Waals surface area contributed by atoms with Crippen LogP contribution < -0.4 is 5.32 Å². The van der Waals surface area contributed by atoms with Crippen molar-refractivity contribution in [2.24, 2.45) is 0 Å². The second kappa shape index (κ2) is 6.80. The summed E-state index contributed by atoms with van der Waals surface area (Å²) < 4.78 is 5.45. The number of carbonyl (C=O) groups excluding carboxylic acids is 1. The molecule has 96 valence electrons. The van der Waals surface area contributed by atoms with Gasteiger partial charge in [0.05, 0.1) is 12.5 Å². The third-order valence-corrected chi connectivity index (χ3v) is 3.59. The molecule has 0 bridgehead atoms. The quantitative estimate of drug-likeness (QED) is 0.746. The van der Waals surface area contributed by atoms with Crippen LogP contribution in [0.2, 0.25) is 0 Å². The van der Waals surface area contributed by atoms with Crippen LogP contribution in [0.3, 0.4) is 0 Å². The topological polar surface area (TPSA) is 38.3 Å². The van der Waals surface area contributed by atoms with Crippen LogP contribution in [0.4, 0.5) is 0 Å². The van der Waals surface area contributed by atoms with Crippen molar-refractivity contribution in [2.45, 2.75) is 57.5 Å². The van der Waals surface area contributed by atoms with E-state index < -0.39 is 0 Å². The molecule has 0 radical (unpaired) electrons. The van der Waals surface area contributed by atoms with Crippen LogP contribution in [0.5, 0.6) is 0 Å². The molecule has 0 aromatic rings. The Morgan fingerprint density at radius 2 is 2.35 bits per heavy atom. The lowest BCUT2D eigenvalue weighted by molar-refractivity contribution is -0.123. The van der Waals surface area contributed by atoms with Crippen LogP contribution in [0.15, 0.2) is 11.6 Å². The molecule has 1 atom stereocenters. The summed E-state index contributed by atoms with van der Waals surface area (Å²) in [5, 5.41) is 3.00. The van der Waals surface area contributed by atoms with Crippen molar-refractivity contribution in [2.75, 3.05) is 13.2 Å². The summed E-state index contributed by atoms with van der Waals surface area (Å²) in [5.41, 5.74) is 1.52. The summed E-state index contributed by atoms with van der Waals surface area (Å²) in [6.07, 6.45) is 11.3. The highest BCUT2D eigenvalue weighted by atomic mass is 16.5. The van der Waals surface area contributed by atoms with E-state index >= 15 is 0 Å². The van der Waals surface area contributed by atoms with Crippen molar-refractivity contribution < 1.29 is 9.53 Å². The first kappa shape index (κ1) is 12.6. The van der Waals surface area contributed by atoms with Gasteiger partial charge in [0.1, 0.15) is 0 Å². The first-order valence-electron chi connectivity index (χ1n) is 6.91. The number of hydrogen-bond donors (Lipinski definition) is 1. The van der Waals surface area contributed by atoms with E-state index in [1.165, 1.54) is 31.3 Å². The smallest absolute Gasteiger partial charge is 0.222 e. The minimum atomic E-state index is 0.147. The zero-order chi connectivity index (χ0) is 11.9. The van der Waals surface area contributed by atoms with Crippen LogP contribution in [-0.4, -0.2) is 25.2 Å². The van der Waals surface area contributed by atoms with Crippen molar-refractivity contribution in [1.29, 1.82) is 0 Å². The highest BCUT2D eigenvalue weighted by Crippen LogP contribution is 2.19. The molecule has 1 unspecified atom stereocenters. The predicted molar refractivity (Wildman–Crippen MR) is 67.8 cm³/mol. The molecule has 0 saturated carbocycles. The average Bonchev–Trinajstić information content (AvgIpc) is 2.83. The molecule has 2 aliphatic rings. The monoisotopic (exact) mass is 237 g/mol. The molecule has 1 heterocycles. The second-order valence-electron chi connectivity index (χ2n) is 5.05. The summed E-state index contributed by atoms with van der Waals surface area (Å²) in [4.78, 5) is 11.6. The zero-order valence-electron chi connectivity index (χ0n) is 10.5. The first-order chi connectivity index (χ1) is 8.34. The van der Waals surface area contributed by atoms with E-state index in [2.05, 4.69) is 11.4 Å². The number of hydrogen-bond acceptors (Lipinski definition) is 2. The van der Waals surface area contributed by atoms with Gasteiger partial charge in [-0.2, -0.15) is 0 Å². The van der Waals surface area contributed by atoms with Gasteiger partial charge in [0.2, 0.25) is 5.91 Å². The summed E-state index contributed by atoms with van der Waals surface area (Å²) in [7, 11) is 0. The Bertz CT molecular complexity index is 280. The van der Waals surface area contributed by atoms with E-state index in [-0.39, 0.29) is 12.0 Å². The number of rotatable bonds is 5. The van der Waals surface area contributed by atoms with E-state index in [1.807, 2.05) is 0 Å². The van der Waals surface area contributed by atoms with E-state index in [9.17, 15) is 4.79 Å². The Labute approximate surface area is 104 Å². The fourth-order valence-corrected chi connectivity index (χ4v) is 2.58. The van der Waals surface area contributed by atoms with Gasteiger partial charge in [0, 0.05) is 13.2 Å². The number of amides is 1. The predicted octanol–water partition coefficient (Wildman–Crippen LogP) is 2.56. The van der Waals surface area contributed by atoms with Gasteiger partial charge in [-0.3, -0.25) is 4.79 Å². The lowest BCUT2D eigenvalue weighted by Crippen LogP contribution is -2.28. The van der Waals surface area contributed by atoms with E-state index in [4.69, 9.17) is 4.74 Å². The van der Waals surface area contributed by atoms with Crippen molar-refractivity contribution in [3.8, 4) is 0 Å². The van der Waals surface area contributed by atoms with Gasteiger partial charge in [-0.15, -0.1) is 0 Å². The summed E-state index contributed by atoms with van der Waals surface area (Å²) >= 11 is 0. The molecular formula is C14H23NO2. The molecule has 2 rings (SSSR count). The molecule has 1 amide bonds. The molecule has 1 fully saturated rings. The van der Waals surface area contributed by atoms with Gasteiger partial charge in [-0.1, -0.05) is 11.6 Å². The highest BCUT2D eigenvalue weighted by Gasteiger charge is 2.18. The Morgan fingerprint density at radius 1 is 1.41 bits per heavy atom. The molecule has 1 aliphatic carbocycles. The van der Waals surface area contributed by atoms with Gasteiger partial charge in [-0.05, 0) is 44.9 Å². The molecule has 0 aromatic carbocycles. The largest absolute Gasteiger partial charge is 0.378 e. The third kappa shape index (κ3) is 4.50. The maximum absolute atomic E-state index is 11.6. The van der Waals surface area contributed by atoms with Crippen molar-refractivity contribution >= 4 is 5.91 Å². The van der Waals surface area contributed by atoms with Crippen molar-refractivity contribution in [1.82, 2.24) is 5.32 Å². The molecule has 1 saturated heterocycles. The standard InChI is InChI=1S/C14H23NO2/c16-14(11-13-7-4-10-17-13)15-9-8-12-5-2-1-3-6-12/h5,13H,1-4,6-11H2,(H,15,16). The van der Waals surface area contributed by atoms with Gasteiger partial charge < -0.3 is 10.1 Å². The molecule has 0 aromatic heterocycles. The van der Waals surface area contributed by atoms with Crippen LogP contribution in [0, 0.1) is 0 Å². The molecular weight excluding hydrogens is 214 g/mol. The number of ether oxygens (including phenoxy) is 1. The molecule has 17 heavy (non-hydrogen) atoms. The SMILES string of the molecule is O=C(CC1CCCO1)NCCC1=CCCCC1. The lowest BCUT2D eigenvalue weighted by Gasteiger charge is -2.13. The van der Waals surface area contributed by atoms with Crippen molar-refractivity contribution in [3.63, 3.8) is 0 Å². The van der Waals surface area contributed by atoms with Gasteiger partial charge in [-0.25, -0.2) is 0 Å². The molecule has 3 heteroatoms. The Balaban J connectivity index is 1.57. The van der Waals surface area contributed by atoms with Crippen LogP contribution in [-0.2, 0) is 9.53 Å². The number of allylic oxidation sites excluding steroid dienone is 1. The maximum atomic E-state index is 11.6. The van der Waals surface area contributed by atoms with E-state index in [0.717, 1.165) is 32.4 Å². The lowest BCUT2D eigenvalue weighted by atomic mass is 9.97. The van der Waals surface area contributed by atoms with Crippen LogP contribution >= 0.6 is 0 Å². The van der Waals surface area contributed by atoms with Gasteiger partial charge >= 0.3 is 0 Å². The van der Waals surface area contributed by atoms with E-state index in [1.54, 1.807) is 0 Å². The minimum absolute atomic E-state index is 0.147. The van der Waals surface area contributed by atoms with Crippen molar-refractivity contribution in [3.05, 3.63) is 11.6 Å². The molecule has 1 N–H and O–H groups in total.